The molecule has 0 aliphatic carbocycles. The standard InChI is InChI=1S/C26H26N6O4/c1-5-36-22-12-17(8-11-21(22)35-4)19-13-23(33)29-25-24(19)15(2)31-32(25)26-28-20(14-27-30-26)16-6-9-18(34-3)10-7-16/h6-12,14,19H,5,13H2,1-4H3,(H,29,33). The number of nitrogens with one attached hydrogen (secondary N) is 1. The number of fused-ring (bicyclic) bond motifs is 1. The van der Waals surface area contributed by atoms with E-state index in [1.165, 1.54) is 0 Å². The first-order valence-corrected chi connectivity index (χ1v) is 11.6. The minimum absolute atomic E-state index is 0.123. The second-order valence-corrected chi connectivity index (χ2v) is 8.28. The van der Waals surface area contributed by atoms with Crippen molar-refractivity contribution in [2.24, 2.45) is 0 Å². The SMILES string of the molecule is CCOc1cc(C2CC(=O)Nc3c2c(C)nn3-c2nncc(-c3ccc(OC)cc3)n2)ccc1OC. The van der Waals surface area contributed by atoms with Crippen LogP contribution in [-0.2, 0) is 4.79 Å². The number of benzene rings is 2. The molecule has 4 aromatic rings. The van der Waals surface area contributed by atoms with Crippen LogP contribution < -0.4 is 19.5 Å². The Kier molecular flexibility index (Phi) is 6.24. The molecule has 36 heavy (non-hydrogen) atoms. The van der Waals surface area contributed by atoms with Gasteiger partial charge in [0.25, 0.3) is 5.95 Å². The van der Waals surface area contributed by atoms with Crippen LogP contribution in [0.5, 0.6) is 17.2 Å². The van der Waals surface area contributed by atoms with E-state index >= 15 is 0 Å². The van der Waals surface area contributed by atoms with Gasteiger partial charge in [0.1, 0.15) is 11.6 Å². The monoisotopic (exact) mass is 486 g/mol. The van der Waals surface area contributed by atoms with E-state index in [2.05, 4.69) is 25.6 Å². The number of ether oxygens (including phenoxy) is 3. The number of aromatic nitrogens is 5. The lowest BCUT2D eigenvalue weighted by Crippen LogP contribution is -2.25. The molecule has 184 valence electrons. The van der Waals surface area contributed by atoms with Crippen LogP contribution in [0.15, 0.2) is 48.7 Å². The number of methoxy groups -OCH3 is 2. The number of amides is 1. The zero-order valence-electron chi connectivity index (χ0n) is 20.5. The molecule has 2 aromatic heterocycles. The second kappa shape index (κ2) is 9.65. The topological polar surface area (TPSA) is 113 Å². The van der Waals surface area contributed by atoms with E-state index in [1.807, 2.05) is 56.3 Å². The van der Waals surface area contributed by atoms with Crippen LogP contribution >= 0.6 is 0 Å². The Morgan fingerprint density at radius 1 is 1.08 bits per heavy atom. The number of rotatable bonds is 7. The highest BCUT2D eigenvalue weighted by Gasteiger charge is 2.33. The summed E-state index contributed by atoms with van der Waals surface area (Å²) in [5.41, 5.74) is 4.08. The minimum Gasteiger partial charge on any atom is -0.497 e. The normalized spacial score (nSPS) is 14.7. The molecule has 1 aliphatic heterocycles. The quantitative estimate of drug-likeness (QED) is 0.418. The summed E-state index contributed by atoms with van der Waals surface area (Å²) in [6, 6.07) is 13.2. The number of hydrogen-bond acceptors (Lipinski definition) is 8. The van der Waals surface area contributed by atoms with Gasteiger partial charge in [-0.2, -0.15) is 14.9 Å². The van der Waals surface area contributed by atoms with Crippen molar-refractivity contribution >= 4 is 11.7 Å². The molecule has 1 aliphatic rings. The van der Waals surface area contributed by atoms with E-state index in [9.17, 15) is 4.79 Å². The summed E-state index contributed by atoms with van der Waals surface area (Å²) in [6.07, 6.45) is 1.87. The predicted molar refractivity (Wildman–Crippen MR) is 133 cm³/mol. The van der Waals surface area contributed by atoms with Gasteiger partial charge in [0.05, 0.1) is 38.4 Å². The molecule has 1 N–H and O–H groups in total. The van der Waals surface area contributed by atoms with E-state index in [1.54, 1.807) is 25.1 Å². The van der Waals surface area contributed by atoms with Gasteiger partial charge in [0.15, 0.2) is 11.5 Å². The maximum atomic E-state index is 12.8. The third-order valence-corrected chi connectivity index (χ3v) is 6.12. The molecule has 0 saturated heterocycles. The van der Waals surface area contributed by atoms with Crippen molar-refractivity contribution in [2.45, 2.75) is 26.2 Å². The molecule has 0 spiro atoms. The van der Waals surface area contributed by atoms with E-state index in [0.717, 1.165) is 28.1 Å². The molecule has 0 bridgehead atoms. The number of aryl methyl sites for hydroxylation is 1. The highest BCUT2D eigenvalue weighted by molar-refractivity contribution is 5.95. The first-order chi connectivity index (χ1) is 17.5. The van der Waals surface area contributed by atoms with Gasteiger partial charge in [-0.25, -0.2) is 4.98 Å². The van der Waals surface area contributed by atoms with Crippen LogP contribution in [0.3, 0.4) is 0 Å². The van der Waals surface area contributed by atoms with Crippen molar-refractivity contribution in [3.63, 3.8) is 0 Å². The molecule has 5 rings (SSSR count). The number of nitrogens with zero attached hydrogens (tertiary/aromatic N) is 5. The van der Waals surface area contributed by atoms with E-state index in [4.69, 9.17) is 14.2 Å². The van der Waals surface area contributed by atoms with Gasteiger partial charge in [0.2, 0.25) is 5.91 Å². The van der Waals surface area contributed by atoms with Gasteiger partial charge >= 0.3 is 0 Å². The fourth-order valence-electron chi connectivity index (χ4n) is 4.44. The van der Waals surface area contributed by atoms with Crippen molar-refractivity contribution < 1.29 is 19.0 Å². The van der Waals surface area contributed by atoms with Crippen LogP contribution in [0.4, 0.5) is 5.82 Å². The van der Waals surface area contributed by atoms with Crippen molar-refractivity contribution in [2.75, 3.05) is 26.1 Å². The van der Waals surface area contributed by atoms with Crippen molar-refractivity contribution in [1.82, 2.24) is 25.0 Å². The highest BCUT2D eigenvalue weighted by atomic mass is 16.5. The molecular formula is C26H26N6O4. The minimum atomic E-state index is -0.217. The first-order valence-electron chi connectivity index (χ1n) is 11.6. The first kappa shape index (κ1) is 23.3. The largest absolute Gasteiger partial charge is 0.497 e. The lowest BCUT2D eigenvalue weighted by atomic mass is 9.85. The molecule has 10 nitrogen and oxygen atoms in total. The summed E-state index contributed by atoms with van der Waals surface area (Å²) in [4.78, 5) is 17.5. The predicted octanol–water partition coefficient (Wildman–Crippen LogP) is 3.92. The summed E-state index contributed by atoms with van der Waals surface area (Å²) in [7, 11) is 3.22. The van der Waals surface area contributed by atoms with Crippen LogP contribution in [0.1, 0.15) is 36.1 Å². The fraction of sp³-hybridized carbons (Fsp3) is 0.269. The molecule has 0 radical (unpaired) electrons. The number of hydrogen-bond donors (Lipinski definition) is 1. The fourth-order valence-corrected chi connectivity index (χ4v) is 4.44. The Morgan fingerprint density at radius 3 is 2.61 bits per heavy atom. The van der Waals surface area contributed by atoms with Crippen molar-refractivity contribution in [3.8, 4) is 34.5 Å². The lowest BCUT2D eigenvalue weighted by molar-refractivity contribution is -0.116. The van der Waals surface area contributed by atoms with Gasteiger partial charge < -0.3 is 19.5 Å². The second-order valence-electron chi connectivity index (χ2n) is 8.28. The molecule has 2 aromatic carbocycles. The Hall–Kier alpha value is -4.47. The Labute approximate surface area is 208 Å². The van der Waals surface area contributed by atoms with E-state index < -0.39 is 0 Å². The van der Waals surface area contributed by atoms with Gasteiger partial charge in [0, 0.05) is 23.5 Å². The summed E-state index contributed by atoms with van der Waals surface area (Å²) in [6.45, 7) is 4.33. The Balaban J connectivity index is 1.57. The van der Waals surface area contributed by atoms with Gasteiger partial charge in [-0.1, -0.05) is 6.07 Å². The summed E-state index contributed by atoms with van der Waals surface area (Å²) >= 11 is 0. The van der Waals surface area contributed by atoms with Gasteiger partial charge in [-0.05, 0) is 55.8 Å². The number of carbonyl (C=O) groups is 1. The summed E-state index contributed by atoms with van der Waals surface area (Å²) in [5.74, 6) is 2.48. The summed E-state index contributed by atoms with van der Waals surface area (Å²) in [5, 5.41) is 16.0. The molecule has 10 heteroatoms. The van der Waals surface area contributed by atoms with Gasteiger partial charge in [-0.3, -0.25) is 4.79 Å². The maximum absolute atomic E-state index is 12.8. The van der Waals surface area contributed by atoms with Crippen LogP contribution in [0.2, 0.25) is 0 Å². The average Bonchev–Trinajstić information content (AvgIpc) is 3.24. The molecule has 1 unspecified atom stereocenters. The van der Waals surface area contributed by atoms with Crippen molar-refractivity contribution in [1.29, 1.82) is 0 Å². The molecule has 0 saturated carbocycles. The Bertz CT molecular complexity index is 1420. The van der Waals surface area contributed by atoms with Gasteiger partial charge in [-0.15, -0.1) is 5.10 Å². The molecular weight excluding hydrogens is 460 g/mol. The maximum Gasteiger partial charge on any atom is 0.272 e. The van der Waals surface area contributed by atoms with E-state index in [0.29, 0.717) is 29.6 Å². The van der Waals surface area contributed by atoms with Crippen LogP contribution in [0, 0.1) is 6.92 Å². The third-order valence-electron chi connectivity index (χ3n) is 6.12. The molecule has 3 heterocycles. The van der Waals surface area contributed by atoms with Crippen molar-refractivity contribution in [3.05, 3.63) is 65.5 Å². The highest BCUT2D eigenvalue weighted by Crippen LogP contribution is 2.42. The van der Waals surface area contributed by atoms with Crippen LogP contribution in [0.25, 0.3) is 17.2 Å². The van der Waals surface area contributed by atoms with Crippen LogP contribution in [-0.4, -0.2) is 51.7 Å². The lowest BCUT2D eigenvalue weighted by Gasteiger charge is -2.25. The number of carbonyl (C=O) groups excluding carboxylic acids is 1. The molecule has 0 fully saturated rings. The average molecular weight is 487 g/mol. The third kappa shape index (κ3) is 4.21. The summed E-state index contributed by atoms with van der Waals surface area (Å²) < 4.78 is 18.0. The molecule has 1 atom stereocenters. The van der Waals surface area contributed by atoms with E-state index in [-0.39, 0.29) is 24.2 Å². The molecule has 1 amide bonds. The zero-order valence-corrected chi connectivity index (χ0v) is 20.5. The smallest absolute Gasteiger partial charge is 0.272 e. The Morgan fingerprint density at radius 2 is 1.89 bits per heavy atom. The zero-order chi connectivity index (χ0) is 25.2. The number of anilines is 1.